The first kappa shape index (κ1) is 28.2. The predicted octanol–water partition coefficient (Wildman–Crippen LogP) is 4.44. The maximum Gasteiger partial charge on any atom is 0.326 e. The van der Waals surface area contributed by atoms with Crippen LogP contribution in [0.2, 0.25) is 0 Å². The highest BCUT2D eigenvalue weighted by Gasteiger charge is 2.20. The molecular formula is C31H37N7O3. The van der Waals surface area contributed by atoms with Crippen LogP contribution in [0.1, 0.15) is 36.9 Å². The van der Waals surface area contributed by atoms with Gasteiger partial charge in [-0.05, 0) is 74.9 Å². The highest BCUT2D eigenvalue weighted by atomic mass is 16.5. The maximum atomic E-state index is 12.1. The number of anilines is 2. The monoisotopic (exact) mass is 555 g/mol. The second-order valence-electron chi connectivity index (χ2n) is 10.2. The lowest BCUT2D eigenvalue weighted by atomic mass is 10.1. The number of hydrogen-bond acceptors (Lipinski definition) is 9. The first-order valence-electron chi connectivity index (χ1n) is 14.3. The van der Waals surface area contributed by atoms with Crippen molar-refractivity contribution in [1.29, 1.82) is 0 Å². The van der Waals surface area contributed by atoms with Crippen molar-refractivity contribution in [3.63, 3.8) is 0 Å². The van der Waals surface area contributed by atoms with Crippen molar-refractivity contribution in [2.24, 2.45) is 0 Å². The van der Waals surface area contributed by atoms with Gasteiger partial charge in [-0.2, -0.15) is 0 Å². The summed E-state index contributed by atoms with van der Waals surface area (Å²) in [5.41, 5.74) is 3.90. The molecule has 0 bridgehead atoms. The normalized spacial score (nSPS) is 13.4. The summed E-state index contributed by atoms with van der Waals surface area (Å²) in [6, 6.07) is 16.7. The molecular weight excluding hydrogens is 518 g/mol. The van der Waals surface area contributed by atoms with Crippen molar-refractivity contribution in [2.45, 2.75) is 44.6 Å². The van der Waals surface area contributed by atoms with E-state index in [1.165, 1.54) is 5.56 Å². The van der Waals surface area contributed by atoms with E-state index in [9.17, 15) is 9.90 Å². The molecule has 0 saturated carbocycles. The number of aromatic nitrogens is 4. The molecule has 0 aliphatic carbocycles. The van der Waals surface area contributed by atoms with Gasteiger partial charge in [0.25, 0.3) is 0 Å². The maximum absolute atomic E-state index is 12.1. The molecule has 1 aliphatic rings. The van der Waals surface area contributed by atoms with Crippen molar-refractivity contribution >= 4 is 28.6 Å². The van der Waals surface area contributed by atoms with E-state index in [-0.39, 0.29) is 0 Å². The molecule has 1 aromatic carbocycles. The van der Waals surface area contributed by atoms with Gasteiger partial charge in [0.05, 0.1) is 17.2 Å². The number of aryl methyl sites for hydroxylation is 2. The lowest BCUT2D eigenvalue weighted by Gasteiger charge is -2.24. The third-order valence-electron chi connectivity index (χ3n) is 7.21. The Kier molecular flexibility index (Phi) is 9.89. The van der Waals surface area contributed by atoms with Crippen molar-refractivity contribution in [1.82, 2.24) is 24.8 Å². The lowest BCUT2D eigenvalue weighted by Crippen LogP contribution is -2.37. The summed E-state index contributed by atoms with van der Waals surface area (Å²) in [4.78, 5) is 32.4. The lowest BCUT2D eigenvalue weighted by molar-refractivity contribution is -0.138. The zero-order valence-corrected chi connectivity index (χ0v) is 23.2. The highest BCUT2D eigenvalue weighted by molar-refractivity contribution is 5.78. The Labute approximate surface area is 240 Å². The van der Waals surface area contributed by atoms with Gasteiger partial charge in [0.2, 0.25) is 5.88 Å². The summed E-state index contributed by atoms with van der Waals surface area (Å²) in [5.74, 6) is 1.15. The van der Waals surface area contributed by atoms with Crippen molar-refractivity contribution in [2.75, 3.05) is 43.4 Å². The van der Waals surface area contributed by atoms with Gasteiger partial charge in [-0.3, -0.25) is 9.88 Å². The SMILES string of the molecule is O=C(O)[C@H](CCN(CCCCc1ccc2c(n1)NCCC2)CCOc1ccccn1)Nc1cnc2ccccc2n1. The molecule has 0 unspecified atom stereocenters. The molecule has 1 aliphatic heterocycles. The zero-order valence-electron chi connectivity index (χ0n) is 23.2. The number of fused-ring (bicyclic) bond motifs is 2. The number of nitrogens with zero attached hydrogens (tertiary/aromatic N) is 5. The molecule has 3 aromatic heterocycles. The molecule has 5 rings (SSSR count). The van der Waals surface area contributed by atoms with Crippen LogP contribution < -0.4 is 15.4 Å². The number of aliphatic carboxylic acids is 1. The van der Waals surface area contributed by atoms with E-state index in [2.05, 4.69) is 42.6 Å². The van der Waals surface area contributed by atoms with Crippen LogP contribution in [0.25, 0.3) is 11.0 Å². The van der Waals surface area contributed by atoms with Gasteiger partial charge < -0.3 is 20.5 Å². The molecule has 0 amide bonds. The number of para-hydroxylation sites is 2. The number of carboxylic acids is 1. The summed E-state index contributed by atoms with van der Waals surface area (Å²) in [6.45, 7) is 3.54. The summed E-state index contributed by atoms with van der Waals surface area (Å²) >= 11 is 0. The Morgan fingerprint density at radius 2 is 1.88 bits per heavy atom. The number of hydrogen-bond donors (Lipinski definition) is 3. The fourth-order valence-corrected chi connectivity index (χ4v) is 4.97. The van der Waals surface area contributed by atoms with Crippen LogP contribution in [0, 0.1) is 0 Å². The van der Waals surface area contributed by atoms with Crippen LogP contribution in [0.3, 0.4) is 0 Å². The minimum absolute atomic E-state index is 0.408. The summed E-state index contributed by atoms with van der Waals surface area (Å²) in [6.07, 6.45) is 8.82. The topological polar surface area (TPSA) is 125 Å². The first-order chi connectivity index (χ1) is 20.1. The van der Waals surface area contributed by atoms with Gasteiger partial charge in [0, 0.05) is 37.6 Å². The van der Waals surface area contributed by atoms with Crippen LogP contribution in [-0.4, -0.2) is 74.7 Å². The molecule has 41 heavy (non-hydrogen) atoms. The smallest absolute Gasteiger partial charge is 0.326 e. The standard InChI is InChI=1S/C31H37N7O3/c39-31(40)27(37-28-22-34-25-10-1-2-11-26(25)36-28)15-19-38(20-21-41-29-12-3-5-16-32-29)18-6-4-9-24-14-13-23-8-7-17-33-30(23)35-24/h1-3,5,10-14,16,22,27H,4,6-9,15,17-21H2,(H,33,35)(H,36,37)(H,39,40)/t27-/m0/s1. The average molecular weight is 556 g/mol. The Hall–Kier alpha value is -4.31. The van der Waals surface area contributed by atoms with Gasteiger partial charge in [-0.1, -0.05) is 24.3 Å². The highest BCUT2D eigenvalue weighted by Crippen LogP contribution is 2.20. The number of benzene rings is 1. The third-order valence-corrected chi connectivity index (χ3v) is 7.21. The van der Waals surface area contributed by atoms with Gasteiger partial charge in [-0.15, -0.1) is 0 Å². The van der Waals surface area contributed by atoms with Crippen LogP contribution in [0.4, 0.5) is 11.6 Å². The number of carbonyl (C=O) groups is 1. The molecule has 0 spiro atoms. The Balaban J connectivity index is 1.15. The summed E-state index contributed by atoms with van der Waals surface area (Å²) < 4.78 is 5.84. The quantitative estimate of drug-likeness (QED) is 0.181. The number of ether oxygens (including phenoxy) is 1. The third kappa shape index (κ3) is 8.34. The van der Waals surface area contributed by atoms with Crippen LogP contribution in [0.15, 0.2) is 67.0 Å². The molecule has 10 nitrogen and oxygen atoms in total. The molecule has 4 heterocycles. The van der Waals surface area contributed by atoms with Gasteiger partial charge in [0.15, 0.2) is 0 Å². The largest absolute Gasteiger partial charge is 0.480 e. The van der Waals surface area contributed by atoms with Crippen molar-refractivity contribution in [3.8, 4) is 5.88 Å². The molecule has 4 aromatic rings. The molecule has 0 radical (unpaired) electrons. The fourth-order valence-electron chi connectivity index (χ4n) is 4.97. The minimum Gasteiger partial charge on any atom is -0.480 e. The van der Waals surface area contributed by atoms with E-state index in [1.807, 2.05) is 42.5 Å². The number of carboxylic acid groups (broad SMARTS) is 1. The number of nitrogens with one attached hydrogen (secondary N) is 2. The van der Waals surface area contributed by atoms with E-state index in [4.69, 9.17) is 9.72 Å². The minimum atomic E-state index is -0.920. The number of pyridine rings is 2. The summed E-state index contributed by atoms with van der Waals surface area (Å²) in [5, 5.41) is 16.4. The van der Waals surface area contributed by atoms with Crippen LogP contribution in [0.5, 0.6) is 5.88 Å². The van der Waals surface area contributed by atoms with Crippen molar-refractivity contribution in [3.05, 3.63) is 78.2 Å². The Bertz CT molecular complexity index is 1420. The van der Waals surface area contributed by atoms with E-state index >= 15 is 0 Å². The van der Waals surface area contributed by atoms with Crippen LogP contribution in [-0.2, 0) is 17.6 Å². The molecule has 1 atom stereocenters. The molecule has 0 fully saturated rings. The van der Waals surface area contributed by atoms with E-state index < -0.39 is 12.0 Å². The Morgan fingerprint density at radius 3 is 2.73 bits per heavy atom. The van der Waals surface area contributed by atoms with E-state index in [1.54, 1.807) is 12.4 Å². The summed E-state index contributed by atoms with van der Waals surface area (Å²) in [7, 11) is 0. The second-order valence-corrected chi connectivity index (χ2v) is 10.2. The molecule has 214 valence electrons. The van der Waals surface area contributed by atoms with Gasteiger partial charge in [-0.25, -0.2) is 19.7 Å². The number of rotatable bonds is 15. The fraction of sp³-hybridized carbons (Fsp3) is 0.387. The van der Waals surface area contributed by atoms with Crippen molar-refractivity contribution < 1.29 is 14.6 Å². The molecule has 3 N–H and O–H groups in total. The van der Waals surface area contributed by atoms with Gasteiger partial charge >= 0.3 is 5.97 Å². The van der Waals surface area contributed by atoms with E-state index in [0.29, 0.717) is 37.8 Å². The first-order valence-corrected chi connectivity index (χ1v) is 14.3. The molecule has 10 heteroatoms. The van der Waals surface area contributed by atoms with Crippen LogP contribution >= 0.6 is 0 Å². The average Bonchev–Trinajstić information content (AvgIpc) is 3.01. The van der Waals surface area contributed by atoms with Gasteiger partial charge in [0.1, 0.15) is 24.3 Å². The zero-order chi connectivity index (χ0) is 28.3. The van der Waals surface area contributed by atoms with E-state index in [0.717, 1.165) is 67.7 Å². The predicted molar refractivity (Wildman–Crippen MR) is 159 cm³/mol. The Morgan fingerprint density at radius 1 is 1.00 bits per heavy atom. The molecule has 0 saturated heterocycles. The second kappa shape index (κ2) is 14.4. The number of unbranched alkanes of at least 4 members (excludes halogenated alkanes) is 1.